The topological polar surface area (TPSA) is 125 Å². The summed E-state index contributed by atoms with van der Waals surface area (Å²) in [6.45, 7) is 17.7. The maximum Gasteiger partial charge on any atom is 0.333 e. The normalized spacial score (nSPS) is 13.0. The maximum atomic E-state index is 12.8. The predicted molar refractivity (Wildman–Crippen MR) is 121 cm³/mol. The van der Waals surface area contributed by atoms with Crippen LogP contribution in [-0.2, 0) is 38.1 Å². The van der Waals surface area contributed by atoms with Crippen molar-refractivity contribution in [3.05, 3.63) is 12.2 Å². The predicted octanol–water partition coefficient (Wildman–Crippen LogP) is 2.97. The summed E-state index contributed by atoms with van der Waals surface area (Å²) in [5, 5.41) is 9.63. The Balaban J connectivity index is 4.26. The van der Waals surface area contributed by atoms with Gasteiger partial charge in [-0.05, 0) is 24.7 Å². The van der Waals surface area contributed by atoms with Crippen LogP contribution < -0.4 is 0 Å². The first-order chi connectivity index (χ1) is 14.9. The van der Waals surface area contributed by atoms with Crippen molar-refractivity contribution in [3.8, 4) is 0 Å². The van der Waals surface area contributed by atoms with Gasteiger partial charge in [-0.15, -0.1) is 0 Å². The fourth-order valence-electron chi connectivity index (χ4n) is 3.05. The van der Waals surface area contributed by atoms with Crippen LogP contribution in [0.15, 0.2) is 12.2 Å². The minimum atomic E-state index is -1.19. The van der Waals surface area contributed by atoms with E-state index in [1.54, 1.807) is 0 Å². The molecule has 33 heavy (non-hydrogen) atoms. The summed E-state index contributed by atoms with van der Waals surface area (Å²) >= 11 is 0. The molecule has 0 saturated carbocycles. The number of esters is 4. The number of hydrogen-bond acceptors (Lipinski definition) is 9. The second-order valence-corrected chi connectivity index (χ2v) is 10.2. The van der Waals surface area contributed by atoms with E-state index in [0.29, 0.717) is 0 Å². The van der Waals surface area contributed by atoms with E-state index in [1.165, 1.54) is 6.92 Å². The van der Waals surface area contributed by atoms with E-state index in [0.717, 1.165) is 0 Å². The van der Waals surface area contributed by atoms with E-state index in [4.69, 9.17) is 18.9 Å². The Morgan fingerprint density at radius 3 is 1.64 bits per heavy atom. The van der Waals surface area contributed by atoms with Crippen LogP contribution in [0, 0.1) is 16.2 Å². The molecular weight excluding hydrogens is 432 g/mol. The van der Waals surface area contributed by atoms with E-state index in [1.807, 2.05) is 48.5 Å². The molecule has 0 aliphatic carbocycles. The molecular formula is C24H40O9. The van der Waals surface area contributed by atoms with Gasteiger partial charge in [0.25, 0.3) is 0 Å². The molecule has 1 atom stereocenters. The van der Waals surface area contributed by atoms with Gasteiger partial charge in [0.2, 0.25) is 0 Å². The lowest BCUT2D eigenvalue weighted by atomic mass is 9.55. The van der Waals surface area contributed by atoms with Gasteiger partial charge in [0, 0.05) is 5.57 Å². The first kappa shape index (κ1) is 30.6. The third-order valence-electron chi connectivity index (χ3n) is 5.71. The molecule has 0 rings (SSSR count). The van der Waals surface area contributed by atoms with E-state index >= 15 is 0 Å². The summed E-state index contributed by atoms with van der Waals surface area (Å²) < 4.78 is 19.9. The maximum absolute atomic E-state index is 12.8. The van der Waals surface area contributed by atoms with Crippen LogP contribution in [0.5, 0.6) is 0 Å². The Bertz CT molecular complexity index is 696. The van der Waals surface area contributed by atoms with Gasteiger partial charge in [0.05, 0.1) is 18.3 Å². The van der Waals surface area contributed by atoms with Gasteiger partial charge < -0.3 is 24.1 Å². The lowest BCUT2D eigenvalue weighted by Gasteiger charge is -2.48. The van der Waals surface area contributed by atoms with E-state index in [-0.39, 0.29) is 61.6 Å². The van der Waals surface area contributed by atoms with Crippen LogP contribution >= 0.6 is 0 Å². The zero-order valence-corrected chi connectivity index (χ0v) is 21.2. The highest BCUT2D eigenvalue weighted by atomic mass is 16.6. The Kier molecular flexibility index (Phi) is 11.8. The molecule has 9 nitrogen and oxygen atoms in total. The molecule has 0 fully saturated rings. The van der Waals surface area contributed by atoms with Gasteiger partial charge in [-0.1, -0.05) is 48.1 Å². The molecule has 0 amide bonds. The largest absolute Gasteiger partial charge is 0.463 e. The first-order valence-corrected chi connectivity index (χ1v) is 10.9. The van der Waals surface area contributed by atoms with Crippen LogP contribution in [0.3, 0.4) is 0 Å². The monoisotopic (exact) mass is 472 g/mol. The highest BCUT2D eigenvalue weighted by molar-refractivity contribution is 5.86. The minimum Gasteiger partial charge on any atom is -0.463 e. The molecule has 9 heteroatoms. The molecule has 0 heterocycles. The first-order valence-electron chi connectivity index (χ1n) is 10.9. The number of carbonyl (C=O) groups excluding carboxylic acids is 4. The molecule has 0 radical (unpaired) electrons. The Labute approximate surface area is 196 Å². The van der Waals surface area contributed by atoms with Crippen LogP contribution in [-0.4, -0.2) is 61.5 Å². The highest BCUT2D eigenvalue weighted by Gasteiger charge is 2.53. The number of aliphatic hydroxyl groups excluding tert-OH is 1. The summed E-state index contributed by atoms with van der Waals surface area (Å²) in [5.41, 5.74) is -1.27. The summed E-state index contributed by atoms with van der Waals surface area (Å²) in [5.74, 6) is -2.38. The molecule has 0 spiro atoms. The van der Waals surface area contributed by atoms with E-state index in [2.05, 4.69) is 6.58 Å². The second-order valence-electron chi connectivity index (χ2n) is 10.2. The minimum absolute atomic E-state index is 0.0914. The van der Waals surface area contributed by atoms with Gasteiger partial charge >= 0.3 is 23.9 Å². The average molecular weight is 473 g/mol. The number of rotatable bonds is 12. The molecule has 190 valence electrons. The van der Waals surface area contributed by atoms with Crippen molar-refractivity contribution >= 4 is 23.9 Å². The Morgan fingerprint density at radius 2 is 1.18 bits per heavy atom. The van der Waals surface area contributed by atoms with Gasteiger partial charge in [-0.2, -0.15) is 0 Å². The van der Waals surface area contributed by atoms with Crippen molar-refractivity contribution in [1.29, 1.82) is 0 Å². The molecule has 0 aromatic rings. The van der Waals surface area contributed by atoms with Crippen LogP contribution in [0.1, 0.15) is 68.2 Å². The van der Waals surface area contributed by atoms with Gasteiger partial charge in [-0.3, -0.25) is 14.4 Å². The molecule has 1 unspecified atom stereocenters. The zero-order chi connectivity index (χ0) is 26.0. The average Bonchev–Trinajstić information content (AvgIpc) is 2.69. The smallest absolute Gasteiger partial charge is 0.333 e. The summed E-state index contributed by atoms with van der Waals surface area (Å²) in [4.78, 5) is 47.5. The van der Waals surface area contributed by atoms with Crippen molar-refractivity contribution < 1.29 is 43.2 Å². The highest BCUT2D eigenvalue weighted by Crippen LogP contribution is 2.52. The molecule has 0 saturated heterocycles. The quantitative estimate of drug-likeness (QED) is 0.197. The number of hydrogen-bond donors (Lipinski definition) is 1. The fourth-order valence-corrected chi connectivity index (χ4v) is 3.05. The third-order valence-corrected chi connectivity index (χ3v) is 5.71. The van der Waals surface area contributed by atoms with Crippen molar-refractivity contribution in [2.75, 3.05) is 26.4 Å². The summed E-state index contributed by atoms with van der Waals surface area (Å²) in [7, 11) is 0. The molecule has 0 aromatic carbocycles. The molecule has 1 N–H and O–H groups in total. The second kappa shape index (κ2) is 12.7. The van der Waals surface area contributed by atoms with Crippen LogP contribution in [0.25, 0.3) is 0 Å². The van der Waals surface area contributed by atoms with Gasteiger partial charge in [-0.25, -0.2) is 4.79 Å². The van der Waals surface area contributed by atoms with E-state index < -0.39 is 29.4 Å². The molecule has 0 aromatic heterocycles. The number of carbonyl (C=O) groups is 4. The molecule has 0 bridgehead atoms. The summed E-state index contributed by atoms with van der Waals surface area (Å²) in [6, 6.07) is 0. The zero-order valence-electron chi connectivity index (χ0n) is 21.2. The van der Waals surface area contributed by atoms with Crippen molar-refractivity contribution in [2.24, 2.45) is 16.2 Å². The SMILES string of the molecule is C=C(C)C(=O)OCC(O)COC(=O)CCC(=O)OCCOC(=O)C(C)(C(C)(C)C)C(C)(C)C. The molecule has 0 aliphatic rings. The lowest BCUT2D eigenvalue weighted by molar-refractivity contribution is -0.175. The van der Waals surface area contributed by atoms with Crippen molar-refractivity contribution in [3.63, 3.8) is 0 Å². The number of aliphatic hydroxyl groups is 1. The van der Waals surface area contributed by atoms with Gasteiger partial charge in [0.15, 0.2) is 0 Å². The van der Waals surface area contributed by atoms with Crippen LogP contribution in [0.4, 0.5) is 0 Å². The Hall–Kier alpha value is -2.42. The standard InChI is InChI=1S/C24H40O9/c1-16(2)20(28)33-15-17(25)14-32-19(27)11-10-18(26)30-12-13-31-21(29)24(9,22(3,4)5)23(6,7)8/h17,25H,1,10-15H2,2-9H3. The number of ether oxygens (including phenoxy) is 4. The Morgan fingerprint density at radius 1 is 0.758 bits per heavy atom. The van der Waals surface area contributed by atoms with Crippen LogP contribution in [0.2, 0.25) is 0 Å². The van der Waals surface area contributed by atoms with Crippen molar-refractivity contribution in [1.82, 2.24) is 0 Å². The molecule has 0 aliphatic heterocycles. The summed E-state index contributed by atoms with van der Waals surface area (Å²) in [6.07, 6.45) is -1.66. The van der Waals surface area contributed by atoms with E-state index in [9.17, 15) is 24.3 Å². The van der Waals surface area contributed by atoms with Crippen molar-refractivity contribution in [2.45, 2.75) is 74.3 Å². The fraction of sp³-hybridized carbons (Fsp3) is 0.750. The lowest BCUT2D eigenvalue weighted by Crippen LogP contribution is -2.51. The van der Waals surface area contributed by atoms with Gasteiger partial charge in [0.1, 0.15) is 32.5 Å². The third kappa shape index (κ3) is 9.94.